The number of aromatic nitrogens is 1. The Labute approximate surface area is 112 Å². The number of hydrogen-bond acceptors (Lipinski definition) is 3. The van der Waals surface area contributed by atoms with E-state index in [0.717, 1.165) is 12.0 Å². The number of nitrogens with zero attached hydrogens (tertiary/aromatic N) is 2. The molecule has 2 aromatic rings. The molecule has 0 unspecified atom stereocenters. The lowest BCUT2D eigenvalue weighted by atomic mass is 10.1. The zero-order valence-electron chi connectivity index (χ0n) is 10.7. The Kier molecular flexibility index (Phi) is 4.39. The van der Waals surface area contributed by atoms with Crippen LogP contribution in [0, 0.1) is 0 Å². The first-order valence-corrected chi connectivity index (χ1v) is 6.12. The summed E-state index contributed by atoms with van der Waals surface area (Å²) in [6.07, 6.45) is 5.75. The van der Waals surface area contributed by atoms with Gasteiger partial charge in [-0.2, -0.15) is 5.10 Å². The van der Waals surface area contributed by atoms with Gasteiger partial charge < -0.3 is 0 Å². The van der Waals surface area contributed by atoms with Gasteiger partial charge in [-0.15, -0.1) is 0 Å². The second-order valence-corrected chi connectivity index (χ2v) is 4.04. The van der Waals surface area contributed by atoms with Crippen LogP contribution >= 0.6 is 0 Å². The smallest absolute Gasteiger partial charge is 0.267 e. The molecule has 0 fully saturated rings. The predicted octanol–water partition coefficient (Wildman–Crippen LogP) is 2.41. The quantitative estimate of drug-likeness (QED) is 0.672. The topological polar surface area (TPSA) is 54.4 Å². The van der Waals surface area contributed by atoms with Gasteiger partial charge in [-0.3, -0.25) is 9.78 Å². The molecule has 0 atom stereocenters. The van der Waals surface area contributed by atoms with Crippen LogP contribution in [0.4, 0.5) is 0 Å². The molecular weight excluding hydrogens is 238 g/mol. The Morgan fingerprint density at radius 3 is 2.74 bits per heavy atom. The van der Waals surface area contributed by atoms with Gasteiger partial charge in [0.25, 0.3) is 5.91 Å². The first-order chi connectivity index (χ1) is 9.29. The van der Waals surface area contributed by atoms with E-state index >= 15 is 0 Å². The molecule has 0 saturated heterocycles. The van der Waals surface area contributed by atoms with Gasteiger partial charge in [0, 0.05) is 12.4 Å². The molecule has 0 spiro atoms. The molecule has 0 bridgehead atoms. The summed E-state index contributed by atoms with van der Waals surface area (Å²) in [6, 6.07) is 11.4. The highest BCUT2D eigenvalue weighted by Crippen LogP contribution is 2.02. The fourth-order valence-corrected chi connectivity index (χ4v) is 1.57. The number of carbonyl (C=O) groups excluding carboxylic acids is 1. The molecule has 1 N–H and O–H groups in total. The Bertz CT molecular complexity index is 562. The van der Waals surface area contributed by atoms with E-state index in [0.29, 0.717) is 5.56 Å². The molecule has 1 heterocycles. The number of amides is 1. The van der Waals surface area contributed by atoms with E-state index < -0.39 is 0 Å². The number of rotatable bonds is 4. The maximum Gasteiger partial charge on any atom is 0.272 e. The number of carbonyl (C=O) groups is 1. The Morgan fingerprint density at radius 1 is 1.32 bits per heavy atom. The van der Waals surface area contributed by atoms with Gasteiger partial charge in [-0.25, -0.2) is 5.43 Å². The van der Waals surface area contributed by atoms with Gasteiger partial charge in [0.15, 0.2) is 0 Å². The van der Waals surface area contributed by atoms with Gasteiger partial charge in [0.2, 0.25) is 0 Å². The molecule has 0 aliphatic carbocycles. The second-order valence-electron chi connectivity index (χ2n) is 4.04. The number of nitrogens with one attached hydrogen (secondary N) is 1. The minimum Gasteiger partial charge on any atom is -0.267 e. The zero-order valence-corrected chi connectivity index (χ0v) is 10.7. The molecule has 4 heteroatoms. The van der Waals surface area contributed by atoms with Crippen LogP contribution in [0.15, 0.2) is 53.9 Å². The van der Waals surface area contributed by atoms with Gasteiger partial charge in [0.1, 0.15) is 0 Å². The van der Waals surface area contributed by atoms with Crippen LogP contribution in [-0.2, 0) is 6.42 Å². The molecule has 19 heavy (non-hydrogen) atoms. The van der Waals surface area contributed by atoms with Crippen LogP contribution in [-0.4, -0.2) is 17.1 Å². The van der Waals surface area contributed by atoms with E-state index in [1.807, 2.05) is 24.3 Å². The van der Waals surface area contributed by atoms with E-state index in [4.69, 9.17) is 0 Å². The summed E-state index contributed by atoms with van der Waals surface area (Å²) in [5.74, 6) is -0.269. The number of aryl methyl sites for hydroxylation is 1. The molecular formula is C15H15N3O. The SMILES string of the molecule is CCc1ccc(/C=N/NC(=O)c2cccnc2)cc1. The van der Waals surface area contributed by atoms with Gasteiger partial charge in [-0.1, -0.05) is 31.2 Å². The van der Waals surface area contributed by atoms with Crippen molar-refractivity contribution in [1.82, 2.24) is 10.4 Å². The summed E-state index contributed by atoms with van der Waals surface area (Å²) in [4.78, 5) is 15.5. The van der Waals surface area contributed by atoms with Crippen molar-refractivity contribution in [2.45, 2.75) is 13.3 Å². The van der Waals surface area contributed by atoms with Crippen molar-refractivity contribution in [2.75, 3.05) is 0 Å². The largest absolute Gasteiger partial charge is 0.272 e. The molecule has 0 saturated carbocycles. The van der Waals surface area contributed by atoms with Crippen molar-refractivity contribution in [1.29, 1.82) is 0 Å². The number of pyridine rings is 1. The Hall–Kier alpha value is -2.49. The highest BCUT2D eigenvalue weighted by Gasteiger charge is 2.02. The third-order valence-electron chi connectivity index (χ3n) is 2.69. The highest BCUT2D eigenvalue weighted by atomic mass is 16.2. The number of benzene rings is 1. The predicted molar refractivity (Wildman–Crippen MR) is 75.1 cm³/mol. The minimum absolute atomic E-state index is 0.269. The third-order valence-corrected chi connectivity index (χ3v) is 2.69. The Morgan fingerprint density at radius 2 is 2.11 bits per heavy atom. The summed E-state index contributed by atoms with van der Waals surface area (Å²) >= 11 is 0. The summed E-state index contributed by atoms with van der Waals surface area (Å²) in [5, 5.41) is 3.92. The van der Waals surface area contributed by atoms with E-state index in [2.05, 4.69) is 22.4 Å². The van der Waals surface area contributed by atoms with Crippen molar-refractivity contribution in [2.24, 2.45) is 5.10 Å². The molecule has 2 rings (SSSR count). The average Bonchev–Trinajstić information content (AvgIpc) is 2.49. The molecule has 4 nitrogen and oxygen atoms in total. The van der Waals surface area contributed by atoms with Crippen LogP contribution in [0.2, 0.25) is 0 Å². The van der Waals surface area contributed by atoms with Crippen molar-refractivity contribution >= 4 is 12.1 Å². The Balaban J connectivity index is 1.94. The minimum atomic E-state index is -0.269. The van der Waals surface area contributed by atoms with E-state index in [9.17, 15) is 4.79 Å². The van der Waals surface area contributed by atoms with Crippen molar-refractivity contribution in [3.63, 3.8) is 0 Å². The first kappa shape index (κ1) is 13.0. The molecule has 1 aromatic carbocycles. The van der Waals surface area contributed by atoms with E-state index in [1.54, 1.807) is 24.5 Å². The second kappa shape index (κ2) is 6.44. The van der Waals surface area contributed by atoms with Crippen LogP contribution in [0.5, 0.6) is 0 Å². The lowest BCUT2D eigenvalue weighted by Crippen LogP contribution is -2.17. The summed E-state index contributed by atoms with van der Waals surface area (Å²) < 4.78 is 0. The molecule has 1 amide bonds. The fourth-order valence-electron chi connectivity index (χ4n) is 1.57. The summed E-state index contributed by atoms with van der Waals surface area (Å²) in [6.45, 7) is 2.11. The normalized spacial score (nSPS) is 10.6. The van der Waals surface area contributed by atoms with Crippen LogP contribution < -0.4 is 5.43 Å². The maximum absolute atomic E-state index is 11.7. The van der Waals surface area contributed by atoms with Gasteiger partial charge in [-0.05, 0) is 29.7 Å². The molecule has 0 aliphatic heterocycles. The van der Waals surface area contributed by atoms with Crippen molar-refractivity contribution in [3.05, 3.63) is 65.5 Å². The lowest BCUT2D eigenvalue weighted by Gasteiger charge is -1.99. The summed E-state index contributed by atoms with van der Waals surface area (Å²) in [5.41, 5.74) is 5.18. The van der Waals surface area contributed by atoms with Crippen LogP contribution in [0.25, 0.3) is 0 Å². The fraction of sp³-hybridized carbons (Fsp3) is 0.133. The van der Waals surface area contributed by atoms with Gasteiger partial charge >= 0.3 is 0 Å². The maximum atomic E-state index is 11.7. The van der Waals surface area contributed by atoms with Gasteiger partial charge in [0.05, 0.1) is 11.8 Å². The van der Waals surface area contributed by atoms with Crippen molar-refractivity contribution < 1.29 is 4.79 Å². The lowest BCUT2D eigenvalue weighted by molar-refractivity contribution is 0.0955. The van der Waals surface area contributed by atoms with E-state index in [1.165, 1.54) is 11.8 Å². The first-order valence-electron chi connectivity index (χ1n) is 6.12. The average molecular weight is 253 g/mol. The third kappa shape index (κ3) is 3.74. The molecule has 1 aromatic heterocycles. The number of hydrogen-bond donors (Lipinski definition) is 1. The van der Waals surface area contributed by atoms with Crippen molar-refractivity contribution in [3.8, 4) is 0 Å². The van der Waals surface area contributed by atoms with Crippen LogP contribution in [0.1, 0.15) is 28.4 Å². The monoisotopic (exact) mass is 253 g/mol. The highest BCUT2D eigenvalue weighted by molar-refractivity contribution is 5.94. The molecule has 0 radical (unpaired) electrons. The van der Waals surface area contributed by atoms with E-state index in [-0.39, 0.29) is 5.91 Å². The molecule has 0 aliphatic rings. The number of hydrazone groups is 1. The molecule has 96 valence electrons. The standard InChI is InChI=1S/C15H15N3O/c1-2-12-5-7-13(8-6-12)10-17-18-15(19)14-4-3-9-16-11-14/h3-11H,2H2,1H3,(H,18,19)/b17-10+. The summed E-state index contributed by atoms with van der Waals surface area (Å²) in [7, 11) is 0. The van der Waals surface area contributed by atoms with Crippen LogP contribution in [0.3, 0.4) is 0 Å². The zero-order chi connectivity index (χ0) is 13.5.